The molecule has 5 heteroatoms. The van der Waals surface area contributed by atoms with Crippen LogP contribution in [0.25, 0.3) is 0 Å². The largest absolute Gasteiger partial charge is 0.474 e. The van der Waals surface area contributed by atoms with Crippen LogP contribution in [0, 0.1) is 13.8 Å². The number of hydrogen-bond donors (Lipinski definition) is 0. The normalized spacial score (nSPS) is 16.6. The van der Waals surface area contributed by atoms with Gasteiger partial charge in [-0.05, 0) is 26.8 Å². The summed E-state index contributed by atoms with van der Waals surface area (Å²) in [6.07, 6.45) is 5.19. The summed E-state index contributed by atoms with van der Waals surface area (Å²) >= 11 is 0. The summed E-state index contributed by atoms with van der Waals surface area (Å²) in [7, 11) is 0. The molecule has 1 aromatic heterocycles. The molecule has 0 aromatic carbocycles. The fourth-order valence-corrected chi connectivity index (χ4v) is 2.36. The van der Waals surface area contributed by atoms with E-state index in [1.165, 1.54) is 0 Å². The molecule has 1 saturated heterocycles. The Morgan fingerprint density at radius 2 is 2.05 bits per heavy atom. The zero-order chi connectivity index (χ0) is 14.5. The van der Waals surface area contributed by atoms with Gasteiger partial charge in [-0.1, -0.05) is 6.08 Å². The molecule has 0 unspecified atom stereocenters. The van der Waals surface area contributed by atoms with Gasteiger partial charge in [-0.15, -0.1) is 0 Å². The molecule has 20 heavy (non-hydrogen) atoms. The van der Waals surface area contributed by atoms with Crippen LogP contribution in [0.3, 0.4) is 0 Å². The third-order valence-corrected chi connectivity index (χ3v) is 3.29. The lowest BCUT2D eigenvalue weighted by molar-refractivity contribution is -0.127. The van der Waals surface area contributed by atoms with Crippen molar-refractivity contribution in [3.05, 3.63) is 29.7 Å². The maximum absolute atomic E-state index is 11.7. The Bertz CT molecular complexity index is 486. The van der Waals surface area contributed by atoms with Crippen LogP contribution in [0.2, 0.25) is 0 Å². The third kappa shape index (κ3) is 3.79. The van der Waals surface area contributed by atoms with Crippen molar-refractivity contribution in [3.63, 3.8) is 0 Å². The number of allylic oxidation sites excluding steroid dienone is 1. The first kappa shape index (κ1) is 14.5. The Labute approximate surface area is 119 Å². The third-order valence-electron chi connectivity index (χ3n) is 3.29. The van der Waals surface area contributed by atoms with E-state index in [1.54, 1.807) is 12.2 Å². The molecule has 1 amide bonds. The van der Waals surface area contributed by atoms with Crippen molar-refractivity contribution in [2.24, 2.45) is 0 Å². The molecule has 0 saturated carbocycles. The number of aryl methyl sites for hydroxylation is 2. The monoisotopic (exact) mass is 275 g/mol. The van der Waals surface area contributed by atoms with Gasteiger partial charge in [0.2, 0.25) is 11.8 Å². The highest BCUT2D eigenvalue weighted by molar-refractivity contribution is 5.87. The van der Waals surface area contributed by atoms with Crippen LogP contribution in [0.1, 0.15) is 31.3 Å². The second-order valence-corrected chi connectivity index (χ2v) is 5.04. The predicted molar refractivity (Wildman–Crippen MR) is 76.6 cm³/mol. The van der Waals surface area contributed by atoms with Gasteiger partial charge in [-0.25, -0.2) is 4.98 Å². The van der Waals surface area contributed by atoms with Crippen molar-refractivity contribution >= 4 is 5.91 Å². The Kier molecular flexibility index (Phi) is 4.71. The summed E-state index contributed by atoms with van der Waals surface area (Å²) in [4.78, 5) is 22.1. The predicted octanol–water partition coefficient (Wildman–Crippen LogP) is 2.04. The number of ether oxygens (including phenoxy) is 1. The fourth-order valence-electron chi connectivity index (χ4n) is 2.36. The minimum absolute atomic E-state index is 0.0830. The highest BCUT2D eigenvalue weighted by atomic mass is 16.5. The van der Waals surface area contributed by atoms with E-state index in [2.05, 4.69) is 9.97 Å². The average Bonchev–Trinajstić information content (AvgIpc) is 2.38. The topological polar surface area (TPSA) is 55.3 Å². The van der Waals surface area contributed by atoms with Crippen LogP contribution in [0.5, 0.6) is 5.88 Å². The second kappa shape index (κ2) is 6.50. The molecule has 108 valence electrons. The number of aromatic nitrogens is 2. The van der Waals surface area contributed by atoms with Gasteiger partial charge in [0.15, 0.2) is 0 Å². The van der Waals surface area contributed by atoms with Crippen molar-refractivity contribution < 1.29 is 9.53 Å². The Morgan fingerprint density at radius 3 is 2.65 bits per heavy atom. The quantitative estimate of drug-likeness (QED) is 0.792. The van der Waals surface area contributed by atoms with E-state index in [0.717, 1.165) is 37.4 Å². The van der Waals surface area contributed by atoms with Crippen molar-refractivity contribution in [1.29, 1.82) is 0 Å². The van der Waals surface area contributed by atoms with Crippen LogP contribution in [-0.2, 0) is 4.79 Å². The summed E-state index contributed by atoms with van der Waals surface area (Å²) in [6, 6.07) is 1.85. The lowest BCUT2D eigenvalue weighted by Crippen LogP contribution is -2.41. The standard InChI is InChI=1S/C15H21N3O2/c1-4-5-15(19)18-8-6-13(7-9-18)20-14-10-11(2)16-12(3)17-14/h4-5,10,13H,6-9H2,1-3H3/b5-4+. The first-order valence-corrected chi connectivity index (χ1v) is 6.99. The smallest absolute Gasteiger partial charge is 0.246 e. The van der Waals surface area contributed by atoms with E-state index >= 15 is 0 Å². The lowest BCUT2D eigenvalue weighted by Gasteiger charge is -2.31. The van der Waals surface area contributed by atoms with Gasteiger partial charge in [0.1, 0.15) is 11.9 Å². The Hall–Kier alpha value is -1.91. The molecular formula is C15H21N3O2. The van der Waals surface area contributed by atoms with E-state index in [1.807, 2.05) is 31.7 Å². The number of piperidine rings is 1. The summed E-state index contributed by atoms with van der Waals surface area (Å²) in [5, 5.41) is 0. The van der Waals surface area contributed by atoms with Crippen LogP contribution in [0.15, 0.2) is 18.2 Å². The number of nitrogens with zero attached hydrogens (tertiary/aromatic N) is 3. The molecule has 0 bridgehead atoms. The van der Waals surface area contributed by atoms with Crippen LogP contribution in [-0.4, -0.2) is 40.0 Å². The van der Waals surface area contributed by atoms with E-state index in [0.29, 0.717) is 5.88 Å². The fraction of sp³-hybridized carbons (Fsp3) is 0.533. The average molecular weight is 275 g/mol. The van der Waals surface area contributed by atoms with Crippen molar-refractivity contribution in [2.75, 3.05) is 13.1 Å². The molecule has 0 spiro atoms. The van der Waals surface area contributed by atoms with Gasteiger partial charge in [-0.2, -0.15) is 4.98 Å². The maximum atomic E-state index is 11.7. The van der Waals surface area contributed by atoms with Crippen LogP contribution >= 0.6 is 0 Å². The van der Waals surface area contributed by atoms with E-state index in [4.69, 9.17) is 4.74 Å². The molecule has 1 aliphatic rings. The summed E-state index contributed by atoms with van der Waals surface area (Å²) in [6.45, 7) is 7.11. The molecule has 0 radical (unpaired) electrons. The second-order valence-electron chi connectivity index (χ2n) is 5.04. The Morgan fingerprint density at radius 1 is 1.35 bits per heavy atom. The van der Waals surface area contributed by atoms with Crippen molar-refractivity contribution in [3.8, 4) is 5.88 Å². The van der Waals surface area contributed by atoms with Gasteiger partial charge in [0.25, 0.3) is 0 Å². The first-order chi connectivity index (χ1) is 9.58. The molecule has 2 rings (SSSR count). The maximum Gasteiger partial charge on any atom is 0.246 e. The van der Waals surface area contributed by atoms with E-state index in [9.17, 15) is 4.79 Å². The van der Waals surface area contributed by atoms with E-state index < -0.39 is 0 Å². The SMILES string of the molecule is C/C=C/C(=O)N1CCC(Oc2cc(C)nc(C)n2)CC1. The van der Waals surface area contributed by atoms with Crippen LogP contribution < -0.4 is 4.74 Å². The van der Waals surface area contributed by atoms with Gasteiger partial charge in [0, 0.05) is 37.7 Å². The summed E-state index contributed by atoms with van der Waals surface area (Å²) in [5.74, 6) is 1.44. The molecule has 5 nitrogen and oxygen atoms in total. The Balaban J connectivity index is 1.89. The summed E-state index contributed by atoms with van der Waals surface area (Å²) in [5.41, 5.74) is 0.910. The molecule has 0 atom stereocenters. The molecule has 2 heterocycles. The number of amides is 1. The molecular weight excluding hydrogens is 254 g/mol. The van der Waals surface area contributed by atoms with Gasteiger partial charge < -0.3 is 9.64 Å². The van der Waals surface area contributed by atoms with Gasteiger partial charge >= 0.3 is 0 Å². The van der Waals surface area contributed by atoms with Crippen molar-refractivity contribution in [2.45, 2.75) is 39.7 Å². The van der Waals surface area contributed by atoms with Gasteiger partial charge in [0.05, 0.1) is 0 Å². The van der Waals surface area contributed by atoms with Gasteiger partial charge in [-0.3, -0.25) is 4.79 Å². The zero-order valence-electron chi connectivity index (χ0n) is 12.3. The number of likely N-dealkylation sites (tertiary alicyclic amines) is 1. The number of carbonyl (C=O) groups excluding carboxylic acids is 1. The molecule has 1 fully saturated rings. The minimum atomic E-state index is 0.0830. The summed E-state index contributed by atoms with van der Waals surface area (Å²) < 4.78 is 5.90. The lowest BCUT2D eigenvalue weighted by atomic mass is 10.1. The molecule has 1 aliphatic heterocycles. The minimum Gasteiger partial charge on any atom is -0.474 e. The van der Waals surface area contributed by atoms with E-state index in [-0.39, 0.29) is 12.0 Å². The number of carbonyl (C=O) groups is 1. The number of rotatable bonds is 3. The zero-order valence-corrected chi connectivity index (χ0v) is 12.3. The highest BCUT2D eigenvalue weighted by Gasteiger charge is 2.23. The molecule has 0 N–H and O–H groups in total. The highest BCUT2D eigenvalue weighted by Crippen LogP contribution is 2.18. The number of hydrogen-bond acceptors (Lipinski definition) is 4. The molecule has 0 aliphatic carbocycles. The van der Waals surface area contributed by atoms with Crippen LogP contribution in [0.4, 0.5) is 0 Å². The molecule has 1 aromatic rings. The van der Waals surface area contributed by atoms with Crippen molar-refractivity contribution in [1.82, 2.24) is 14.9 Å². The first-order valence-electron chi connectivity index (χ1n) is 6.99.